The van der Waals surface area contributed by atoms with Crippen molar-refractivity contribution in [1.29, 1.82) is 0 Å². The van der Waals surface area contributed by atoms with Gasteiger partial charge in [0.15, 0.2) is 0 Å². The van der Waals surface area contributed by atoms with Gasteiger partial charge >= 0.3 is 11.7 Å². The molecule has 0 bridgehead atoms. The highest BCUT2D eigenvalue weighted by molar-refractivity contribution is 5.86. The lowest BCUT2D eigenvalue weighted by Gasteiger charge is -2.24. The third kappa shape index (κ3) is 2.37. The molecule has 1 aromatic heterocycles. The van der Waals surface area contributed by atoms with E-state index in [1.165, 1.54) is 14.0 Å². The second-order valence-corrected chi connectivity index (χ2v) is 7.10. The lowest BCUT2D eigenvalue weighted by Crippen LogP contribution is -2.45. The molecule has 4 rings (SSSR count). The van der Waals surface area contributed by atoms with Crippen LogP contribution in [0.15, 0.2) is 29.1 Å². The number of para-hydroxylation sites is 2. The Morgan fingerprint density at radius 1 is 1.20 bits per heavy atom. The molecule has 1 amide bonds. The van der Waals surface area contributed by atoms with Crippen LogP contribution in [0.25, 0.3) is 11.0 Å². The van der Waals surface area contributed by atoms with Crippen LogP contribution < -0.4 is 5.69 Å². The van der Waals surface area contributed by atoms with Crippen LogP contribution in [0.4, 0.5) is 0 Å². The number of likely N-dealkylation sites (tertiary alicyclic amines) is 1. The Hall–Kier alpha value is -2.57. The summed E-state index contributed by atoms with van der Waals surface area (Å²) < 4.78 is 2.95. The molecule has 2 heterocycles. The van der Waals surface area contributed by atoms with Crippen LogP contribution in [0.1, 0.15) is 19.3 Å². The Morgan fingerprint density at radius 3 is 2.64 bits per heavy atom. The third-order valence-electron chi connectivity index (χ3n) is 5.81. The smallest absolute Gasteiger partial charge is 0.329 e. The number of rotatable bonds is 3. The van der Waals surface area contributed by atoms with Crippen LogP contribution in [0.3, 0.4) is 0 Å². The Morgan fingerprint density at radius 2 is 1.92 bits per heavy atom. The minimum absolute atomic E-state index is 0.0469. The van der Waals surface area contributed by atoms with Gasteiger partial charge in [0.1, 0.15) is 12.6 Å². The summed E-state index contributed by atoms with van der Waals surface area (Å²) in [6.07, 6.45) is 2.87. The van der Waals surface area contributed by atoms with E-state index >= 15 is 0 Å². The Labute approximate surface area is 144 Å². The van der Waals surface area contributed by atoms with Crippen molar-refractivity contribution in [3.05, 3.63) is 34.7 Å². The number of nitrogens with zero attached hydrogens (tertiary/aromatic N) is 3. The molecule has 7 nitrogen and oxygen atoms in total. The number of imidazole rings is 1. The lowest BCUT2D eigenvalue weighted by atomic mass is 9.94. The summed E-state index contributed by atoms with van der Waals surface area (Å²) in [4.78, 5) is 38.6. The van der Waals surface area contributed by atoms with E-state index in [0.29, 0.717) is 12.1 Å². The highest BCUT2D eigenvalue weighted by Crippen LogP contribution is 2.42. The molecule has 1 saturated heterocycles. The first-order chi connectivity index (χ1) is 12.0. The van der Waals surface area contributed by atoms with Gasteiger partial charge < -0.3 is 10.0 Å². The first kappa shape index (κ1) is 15.9. The number of hydrogen-bond acceptors (Lipinski definition) is 3. The maximum atomic E-state index is 12.9. The Balaban J connectivity index is 1.66. The molecule has 1 aromatic carbocycles. The summed E-state index contributed by atoms with van der Waals surface area (Å²) in [6.45, 7) is 0.364. The van der Waals surface area contributed by atoms with E-state index < -0.39 is 12.0 Å². The number of aryl methyl sites for hydroxylation is 1. The standard InChI is InChI=1S/C18H21N3O4/c1-19-13-7-2-3-8-14(13)20(18(19)25)10-15(22)21-9-11-5-4-6-12(11)16(21)17(23)24/h2-3,7-8,11-12,16H,4-6,9-10H2,1H3,(H,23,24). The van der Waals surface area contributed by atoms with Gasteiger partial charge in [0, 0.05) is 13.6 Å². The normalized spacial score (nSPS) is 25.5. The van der Waals surface area contributed by atoms with Crippen LogP contribution in [0.2, 0.25) is 0 Å². The topological polar surface area (TPSA) is 84.5 Å². The SMILES string of the molecule is Cn1c(=O)n(CC(=O)N2CC3CCCC3C2C(=O)O)c2ccccc21. The number of hydrogen-bond donors (Lipinski definition) is 1. The molecule has 0 radical (unpaired) electrons. The molecule has 2 aromatic rings. The van der Waals surface area contributed by atoms with Gasteiger partial charge in [-0.05, 0) is 36.8 Å². The van der Waals surface area contributed by atoms with Crippen LogP contribution in [-0.4, -0.2) is 43.6 Å². The maximum Gasteiger partial charge on any atom is 0.329 e. The molecule has 3 atom stereocenters. The zero-order valence-electron chi connectivity index (χ0n) is 14.1. The molecular weight excluding hydrogens is 322 g/mol. The molecule has 1 aliphatic carbocycles. The van der Waals surface area contributed by atoms with Crippen molar-refractivity contribution in [3.8, 4) is 0 Å². The number of fused-ring (bicyclic) bond motifs is 2. The predicted octanol–water partition coefficient (Wildman–Crippen LogP) is 1.05. The largest absolute Gasteiger partial charge is 0.480 e. The second kappa shape index (κ2) is 5.75. The number of carbonyl (C=O) groups is 2. The minimum Gasteiger partial charge on any atom is -0.480 e. The molecule has 1 N–H and O–H groups in total. The van der Waals surface area contributed by atoms with Crippen molar-refractivity contribution in [2.75, 3.05) is 6.54 Å². The molecule has 25 heavy (non-hydrogen) atoms. The van der Waals surface area contributed by atoms with Crippen molar-refractivity contribution >= 4 is 22.9 Å². The Kier molecular flexibility index (Phi) is 3.67. The molecule has 7 heteroatoms. The average molecular weight is 343 g/mol. The van der Waals surface area contributed by atoms with Gasteiger partial charge in [-0.25, -0.2) is 9.59 Å². The molecule has 1 saturated carbocycles. The highest BCUT2D eigenvalue weighted by atomic mass is 16.4. The van der Waals surface area contributed by atoms with Crippen LogP contribution >= 0.6 is 0 Å². The van der Waals surface area contributed by atoms with Gasteiger partial charge in [-0.1, -0.05) is 18.6 Å². The van der Waals surface area contributed by atoms with Gasteiger partial charge in [-0.2, -0.15) is 0 Å². The number of amides is 1. The summed E-state index contributed by atoms with van der Waals surface area (Å²) >= 11 is 0. The third-order valence-corrected chi connectivity index (χ3v) is 5.81. The molecule has 0 spiro atoms. The minimum atomic E-state index is -0.937. The molecule has 1 aliphatic heterocycles. The molecule has 2 fully saturated rings. The summed E-state index contributed by atoms with van der Waals surface area (Å²) in [5, 5.41) is 9.61. The monoisotopic (exact) mass is 343 g/mol. The van der Waals surface area contributed by atoms with Gasteiger partial charge in [0.25, 0.3) is 0 Å². The zero-order chi connectivity index (χ0) is 17.7. The number of carbonyl (C=O) groups excluding carboxylic acids is 1. The van der Waals surface area contributed by atoms with E-state index in [4.69, 9.17) is 0 Å². The average Bonchev–Trinajstić information content (AvgIpc) is 3.23. The lowest BCUT2D eigenvalue weighted by molar-refractivity contribution is -0.149. The first-order valence-corrected chi connectivity index (χ1v) is 8.65. The van der Waals surface area contributed by atoms with Gasteiger partial charge in [0.2, 0.25) is 5.91 Å². The van der Waals surface area contributed by atoms with Gasteiger partial charge in [0.05, 0.1) is 11.0 Å². The number of aliphatic carboxylic acids is 1. The summed E-state index contributed by atoms with van der Waals surface area (Å²) in [7, 11) is 1.67. The molecule has 2 aliphatic rings. The van der Waals surface area contributed by atoms with E-state index in [1.807, 2.05) is 18.2 Å². The van der Waals surface area contributed by atoms with Gasteiger partial charge in [-0.15, -0.1) is 0 Å². The number of aromatic nitrogens is 2. The van der Waals surface area contributed by atoms with Crippen LogP contribution in [-0.2, 0) is 23.2 Å². The van der Waals surface area contributed by atoms with Crippen molar-refractivity contribution in [1.82, 2.24) is 14.0 Å². The zero-order valence-corrected chi connectivity index (χ0v) is 14.1. The maximum absolute atomic E-state index is 12.9. The second-order valence-electron chi connectivity index (χ2n) is 7.10. The molecule has 3 unspecified atom stereocenters. The van der Waals surface area contributed by atoms with Crippen LogP contribution in [0, 0.1) is 11.8 Å². The van der Waals surface area contributed by atoms with Gasteiger partial charge in [-0.3, -0.25) is 13.9 Å². The fourth-order valence-electron chi connectivity index (χ4n) is 4.62. The van der Waals surface area contributed by atoms with Crippen molar-refractivity contribution in [3.63, 3.8) is 0 Å². The fraction of sp³-hybridized carbons (Fsp3) is 0.500. The number of carboxylic acid groups (broad SMARTS) is 1. The van der Waals surface area contributed by atoms with E-state index in [-0.39, 0.29) is 30.0 Å². The fourth-order valence-corrected chi connectivity index (χ4v) is 4.62. The van der Waals surface area contributed by atoms with Crippen molar-refractivity contribution in [2.24, 2.45) is 18.9 Å². The van der Waals surface area contributed by atoms with E-state index in [0.717, 1.165) is 24.8 Å². The molecular formula is C18H21N3O4. The number of benzene rings is 1. The van der Waals surface area contributed by atoms with E-state index in [9.17, 15) is 19.5 Å². The quantitative estimate of drug-likeness (QED) is 0.903. The predicted molar refractivity (Wildman–Crippen MR) is 91.1 cm³/mol. The Bertz CT molecular complexity index is 913. The van der Waals surface area contributed by atoms with E-state index in [1.54, 1.807) is 13.1 Å². The van der Waals surface area contributed by atoms with Crippen molar-refractivity contribution in [2.45, 2.75) is 31.8 Å². The molecule has 132 valence electrons. The van der Waals surface area contributed by atoms with E-state index in [2.05, 4.69) is 0 Å². The summed E-state index contributed by atoms with van der Waals surface area (Å²) in [5.41, 5.74) is 1.18. The highest BCUT2D eigenvalue weighted by Gasteiger charge is 2.49. The van der Waals surface area contributed by atoms with Crippen LogP contribution in [0.5, 0.6) is 0 Å². The van der Waals surface area contributed by atoms with Crippen molar-refractivity contribution < 1.29 is 14.7 Å². The summed E-state index contributed by atoms with van der Waals surface area (Å²) in [5.74, 6) is -0.909. The first-order valence-electron chi connectivity index (χ1n) is 8.65. The summed E-state index contributed by atoms with van der Waals surface area (Å²) in [6, 6.07) is 6.54. The number of carboxylic acids is 1.